The van der Waals surface area contributed by atoms with Crippen LogP contribution in [0.2, 0.25) is 5.02 Å². The fraction of sp³-hybridized carbons (Fsp3) is 0.130. The molecular weight excluding hydrogens is 453 g/mol. The molecule has 0 saturated carbocycles. The van der Waals surface area contributed by atoms with Crippen molar-refractivity contribution in [1.29, 1.82) is 0 Å². The fourth-order valence-electron chi connectivity index (χ4n) is 2.93. The van der Waals surface area contributed by atoms with Crippen molar-refractivity contribution in [1.82, 2.24) is 5.43 Å². The molecule has 1 amide bonds. The Kier molecular flexibility index (Phi) is 7.27. The first-order chi connectivity index (χ1) is 15.2. The average Bonchev–Trinajstić information content (AvgIpc) is 2.74. The van der Waals surface area contributed by atoms with E-state index in [1.165, 1.54) is 42.6 Å². The number of amides is 1. The Hall–Kier alpha value is -3.23. The predicted molar refractivity (Wildman–Crippen MR) is 124 cm³/mol. The van der Waals surface area contributed by atoms with Gasteiger partial charge in [0.05, 0.1) is 16.8 Å². The summed E-state index contributed by atoms with van der Waals surface area (Å²) < 4.78 is 40.8. The fourth-order valence-corrected chi connectivity index (χ4v) is 4.64. The number of carbonyl (C=O) groups excluding carboxylic acids is 1. The number of hydrogen-bond donors (Lipinski definition) is 1. The van der Waals surface area contributed by atoms with Crippen molar-refractivity contribution in [2.75, 3.05) is 10.8 Å². The van der Waals surface area contributed by atoms with Gasteiger partial charge in [-0.1, -0.05) is 41.4 Å². The molecule has 6 nitrogen and oxygen atoms in total. The van der Waals surface area contributed by atoms with Crippen LogP contribution in [-0.2, 0) is 14.8 Å². The molecule has 0 radical (unpaired) electrons. The monoisotopic (exact) mass is 473 g/mol. The molecular formula is C23H21ClFN3O3S. The van der Waals surface area contributed by atoms with Crippen molar-refractivity contribution < 1.29 is 17.6 Å². The van der Waals surface area contributed by atoms with Gasteiger partial charge in [-0.2, -0.15) is 5.10 Å². The van der Waals surface area contributed by atoms with Gasteiger partial charge in [0, 0.05) is 5.02 Å². The quantitative estimate of drug-likeness (QED) is 0.407. The molecule has 0 saturated heterocycles. The SMILES string of the molecule is Cc1ccc(S(=O)(=O)N(CC(=O)N/N=C\c2ccc(F)cc2)c2ccc(Cl)cc2C)cc1. The summed E-state index contributed by atoms with van der Waals surface area (Å²) in [6.45, 7) is 3.06. The van der Waals surface area contributed by atoms with E-state index < -0.39 is 22.5 Å². The van der Waals surface area contributed by atoms with E-state index >= 15 is 0 Å². The molecule has 166 valence electrons. The van der Waals surface area contributed by atoms with Crippen molar-refractivity contribution in [3.05, 3.63) is 94.3 Å². The second kappa shape index (κ2) is 9.93. The summed E-state index contributed by atoms with van der Waals surface area (Å²) in [7, 11) is -4.05. The third-order valence-corrected chi connectivity index (χ3v) is 6.61. The highest BCUT2D eigenvalue weighted by atomic mass is 35.5. The summed E-state index contributed by atoms with van der Waals surface area (Å²) in [5.74, 6) is -1.03. The van der Waals surface area contributed by atoms with Gasteiger partial charge in [0.25, 0.3) is 15.9 Å². The van der Waals surface area contributed by atoms with Crippen LogP contribution in [0.25, 0.3) is 0 Å². The Morgan fingerprint density at radius 1 is 1.06 bits per heavy atom. The molecule has 3 aromatic carbocycles. The van der Waals surface area contributed by atoms with Gasteiger partial charge < -0.3 is 0 Å². The lowest BCUT2D eigenvalue weighted by Gasteiger charge is -2.25. The van der Waals surface area contributed by atoms with Gasteiger partial charge in [-0.25, -0.2) is 18.2 Å². The smallest absolute Gasteiger partial charge is 0.264 e. The highest BCUT2D eigenvalue weighted by Crippen LogP contribution is 2.29. The van der Waals surface area contributed by atoms with Gasteiger partial charge in [-0.05, 0) is 67.4 Å². The van der Waals surface area contributed by atoms with Crippen LogP contribution >= 0.6 is 11.6 Å². The molecule has 0 aliphatic carbocycles. The van der Waals surface area contributed by atoms with Crippen LogP contribution in [0.3, 0.4) is 0 Å². The third-order valence-electron chi connectivity index (χ3n) is 4.60. The number of benzene rings is 3. The lowest BCUT2D eigenvalue weighted by molar-refractivity contribution is -0.119. The van der Waals surface area contributed by atoms with Crippen molar-refractivity contribution in [3.63, 3.8) is 0 Å². The number of hydrogen-bond acceptors (Lipinski definition) is 4. The maximum atomic E-state index is 13.4. The first kappa shape index (κ1) is 23.4. The summed E-state index contributed by atoms with van der Waals surface area (Å²) in [6, 6.07) is 16.6. The molecule has 3 aromatic rings. The molecule has 0 aromatic heterocycles. The number of aryl methyl sites for hydroxylation is 2. The molecule has 0 aliphatic heterocycles. The molecule has 0 fully saturated rings. The van der Waals surface area contributed by atoms with Gasteiger partial charge in [0.1, 0.15) is 12.4 Å². The van der Waals surface area contributed by atoms with Crippen LogP contribution in [0, 0.1) is 19.7 Å². The molecule has 0 atom stereocenters. The van der Waals surface area contributed by atoms with Crippen LogP contribution in [0.15, 0.2) is 76.7 Å². The molecule has 9 heteroatoms. The molecule has 0 bridgehead atoms. The number of halogens is 2. The van der Waals surface area contributed by atoms with Gasteiger partial charge in [0.2, 0.25) is 0 Å². The molecule has 3 rings (SSSR count). The number of nitrogens with zero attached hydrogens (tertiary/aromatic N) is 2. The summed E-state index contributed by atoms with van der Waals surface area (Å²) in [4.78, 5) is 12.6. The van der Waals surface area contributed by atoms with Crippen LogP contribution in [0.4, 0.5) is 10.1 Å². The number of anilines is 1. The van der Waals surface area contributed by atoms with E-state index in [-0.39, 0.29) is 10.7 Å². The molecule has 0 unspecified atom stereocenters. The van der Waals surface area contributed by atoms with Gasteiger partial charge in [-0.15, -0.1) is 0 Å². The van der Waals surface area contributed by atoms with Crippen molar-refractivity contribution >= 4 is 39.4 Å². The Balaban J connectivity index is 1.87. The zero-order valence-electron chi connectivity index (χ0n) is 17.4. The largest absolute Gasteiger partial charge is 0.271 e. The van der Waals surface area contributed by atoms with E-state index in [9.17, 15) is 17.6 Å². The van der Waals surface area contributed by atoms with Crippen molar-refractivity contribution in [2.45, 2.75) is 18.7 Å². The lowest BCUT2D eigenvalue weighted by atomic mass is 10.2. The van der Waals surface area contributed by atoms with Crippen LogP contribution in [-0.4, -0.2) is 27.1 Å². The van der Waals surface area contributed by atoms with Crippen LogP contribution in [0.5, 0.6) is 0 Å². The predicted octanol–water partition coefficient (Wildman–Crippen LogP) is 4.44. The van der Waals surface area contributed by atoms with Gasteiger partial charge in [-0.3, -0.25) is 9.10 Å². The van der Waals surface area contributed by atoms with E-state index in [4.69, 9.17) is 11.6 Å². The summed E-state index contributed by atoms with van der Waals surface area (Å²) in [6.07, 6.45) is 1.34. The normalized spacial score (nSPS) is 11.5. The van der Waals surface area contributed by atoms with Crippen LogP contribution in [0.1, 0.15) is 16.7 Å². The minimum Gasteiger partial charge on any atom is -0.271 e. The Bertz CT molecular complexity index is 1240. The standard InChI is InChI=1S/C23H21ClFN3O3S/c1-16-3-10-21(11-4-16)32(30,31)28(22-12-7-19(24)13-17(22)2)15-23(29)27-26-14-18-5-8-20(25)9-6-18/h3-14H,15H2,1-2H3,(H,27,29)/b26-14-. The molecule has 0 spiro atoms. The summed E-state index contributed by atoms with van der Waals surface area (Å²) in [5, 5.41) is 4.28. The average molecular weight is 474 g/mol. The Morgan fingerprint density at radius 3 is 2.34 bits per heavy atom. The van der Waals surface area contributed by atoms with E-state index in [2.05, 4.69) is 10.5 Å². The van der Waals surface area contributed by atoms with Gasteiger partial charge in [0.15, 0.2) is 0 Å². The second-order valence-corrected chi connectivity index (χ2v) is 9.40. The molecule has 0 aliphatic rings. The first-order valence-electron chi connectivity index (χ1n) is 9.60. The van der Waals surface area contributed by atoms with E-state index in [0.29, 0.717) is 21.8 Å². The minimum absolute atomic E-state index is 0.0556. The number of rotatable bonds is 7. The third kappa shape index (κ3) is 5.72. The van der Waals surface area contributed by atoms with Crippen molar-refractivity contribution in [3.8, 4) is 0 Å². The minimum atomic E-state index is -4.05. The number of carbonyl (C=O) groups is 1. The molecule has 32 heavy (non-hydrogen) atoms. The summed E-state index contributed by atoms with van der Waals surface area (Å²) >= 11 is 6.02. The van der Waals surface area contributed by atoms with E-state index in [1.54, 1.807) is 37.3 Å². The zero-order valence-corrected chi connectivity index (χ0v) is 19.0. The zero-order chi connectivity index (χ0) is 23.3. The maximum absolute atomic E-state index is 13.4. The first-order valence-corrected chi connectivity index (χ1v) is 11.4. The second-order valence-electron chi connectivity index (χ2n) is 7.10. The maximum Gasteiger partial charge on any atom is 0.264 e. The topological polar surface area (TPSA) is 78.8 Å². The Labute approximate surface area is 191 Å². The van der Waals surface area contributed by atoms with Crippen LogP contribution < -0.4 is 9.73 Å². The number of hydrazone groups is 1. The highest BCUT2D eigenvalue weighted by molar-refractivity contribution is 7.92. The summed E-state index contributed by atoms with van der Waals surface area (Å²) in [5.41, 5.74) is 4.72. The molecule has 0 heterocycles. The highest BCUT2D eigenvalue weighted by Gasteiger charge is 2.28. The lowest BCUT2D eigenvalue weighted by Crippen LogP contribution is -2.40. The van der Waals surface area contributed by atoms with Gasteiger partial charge >= 0.3 is 0 Å². The van der Waals surface area contributed by atoms with E-state index in [0.717, 1.165) is 9.87 Å². The number of nitrogens with one attached hydrogen (secondary N) is 1. The molecule has 1 N–H and O–H groups in total. The van der Waals surface area contributed by atoms with E-state index in [1.807, 2.05) is 6.92 Å². The Morgan fingerprint density at radius 2 is 1.72 bits per heavy atom. The number of sulfonamides is 1. The van der Waals surface area contributed by atoms with Crippen molar-refractivity contribution in [2.24, 2.45) is 5.10 Å².